The molecule has 0 aliphatic carbocycles. The van der Waals surface area contributed by atoms with Gasteiger partial charge in [-0.2, -0.15) is 0 Å². The van der Waals surface area contributed by atoms with Crippen molar-refractivity contribution >= 4 is 45.5 Å². The Bertz CT molecular complexity index is 1100. The summed E-state index contributed by atoms with van der Waals surface area (Å²) in [5.74, 6) is -0.484. The molecule has 8 nitrogen and oxygen atoms in total. The van der Waals surface area contributed by atoms with Gasteiger partial charge in [0.05, 0.1) is 24.1 Å². The highest BCUT2D eigenvalue weighted by Crippen LogP contribution is 2.20. The number of carbonyl (C=O) groups is 3. The smallest absolute Gasteiger partial charge is 0.257 e. The highest BCUT2D eigenvalue weighted by Gasteiger charge is 2.26. The van der Waals surface area contributed by atoms with Gasteiger partial charge in [-0.3, -0.25) is 14.4 Å². The Hall–Kier alpha value is -3.24. The number of nitrogens with zero attached hydrogens (tertiary/aromatic N) is 3. The molecule has 0 radical (unpaired) electrons. The summed E-state index contributed by atoms with van der Waals surface area (Å²) >= 11 is 2.82. The topological polar surface area (TPSA) is 103 Å². The van der Waals surface area contributed by atoms with E-state index in [0.717, 1.165) is 4.88 Å². The van der Waals surface area contributed by atoms with Crippen LogP contribution >= 0.6 is 22.7 Å². The van der Waals surface area contributed by atoms with Crippen molar-refractivity contribution in [1.29, 1.82) is 0 Å². The van der Waals surface area contributed by atoms with Gasteiger partial charge < -0.3 is 20.2 Å². The van der Waals surface area contributed by atoms with Crippen LogP contribution in [0.25, 0.3) is 0 Å². The molecule has 3 heterocycles. The maximum Gasteiger partial charge on any atom is 0.257 e. The lowest BCUT2D eigenvalue weighted by Gasteiger charge is -2.34. The molecule has 0 unspecified atom stereocenters. The van der Waals surface area contributed by atoms with Crippen molar-refractivity contribution in [3.63, 3.8) is 0 Å². The summed E-state index contributed by atoms with van der Waals surface area (Å²) in [6.45, 7) is 1.65. The molecule has 2 N–H and O–H groups in total. The number of hydrogen-bond donors (Lipinski definition) is 2. The van der Waals surface area contributed by atoms with Crippen molar-refractivity contribution in [1.82, 2.24) is 14.8 Å². The number of carbonyl (C=O) groups excluding carboxylic acids is 3. The van der Waals surface area contributed by atoms with Gasteiger partial charge in [-0.05, 0) is 23.6 Å². The molecule has 32 heavy (non-hydrogen) atoms. The lowest BCUT2D eigenvalue weighted by Crippen LogP contribution is -2.51. The third-order valence-electron chi connectivity index (χ3n) is 5.10. The van der Waals surface area contributed by atoms with Crippen LogP contribution in [0.5, 0.6) is 5.75 Å². The third kappa shape index (κ3) is 5.32. The van der Waals surface area contributed by atoms with E-state index in [4.69, 9.17) is 0 Å². The number of rotatable bonds is 6. The molecule has 3 amide bonds. The molecule has 4 rings (SSSR count). The number of para-hydroxylation sites is 1. The first kappa shape index (κ1) is 22.0. The zero-order chi connectivity index (χ0) is 22.5. The van der Waals surface area contributed by atoms with E-state index < -0.39 is 0 Å². The number of benzene rings is 1. The standard InChI is InChI=1S/C22H22N4O4S2/c27-18-6-2-1-5-17(18)21(30)26-9-7-25(8-10-26)20(29)12-15-14-32-22(23-15)24-19(28)13-16-4-3-11-31-16/h1-6,11,14,27H,7-10,12-13H2,(H,23,24,28). The second-order valence-corrected chi connectivity index (χ2v) is 9.21. The van der Waals surface area contributed by atoms with Gasteiger partial charge in [0.2, 0.25) is 11.8 Å². The molecule has 1 fully saturated rings. The molecule has 1 aromatic carbocycles. The SMILES string of the molecule is O=C(Cc1cccs1)Nc1nc(CC(=O)N2CCN(C(=O)c3ccccc3O)CC2)cs1. The normalized spacial score (nSPS) is 13.8. The van der Waals surface area contributed by atoms with Crippen LogP contribution in [0.1, 0.15) is 20.9 Å². The molecule has 10 heteroatoms. The highest BCUT2D eigenvalue weighted by atomic mass is 32.1. The molecule has 0 saturated carbocycles. The Kier molecular flexibility index (Phi) is 6.81. The maximum absolute atomic E-state index is 12.7. The highest BCUT2D eigenvalue weighted by molar-refractivity contribution is 7.14. The van der Waals surface area contributed by atoms with Crippen molar-refractivity contribution in [3.05, 3.63) is 63.3 Å². The molecular weight excluding hydrogens is 448 g/mol. The average Bonchev–Trinajstić information content (AvgIpc) is 3.46. The van der Waals surface area contributed by atoms with E-state index in [0.29, 0.717) is 43.4 Å². The Morgan fingerprint density at radius 2 is 1.72 bits per heavy atom. The van der Waals surface area contributed by atoms with Crippen LogP contribution in [0.2, 0.25) is 0 Å². The fraction of sp³-hybridized carbons (Fsp3) is 0.273. The summed E-state index contributed by atoms with van der Waals surface area (Å²) < 4.78 is 0. The van der Waals surface area contributed by atoms with Crippen LogP contribution in [0.3, 0.4) is 0 Å². The quantitative estimate of drug-likeness (QED) is 0.577. The predicted octanol–water partition coefficient (Wildman–Crippen LogP) is 2.62. The zero-order valence-corrected chi connectivity index (χ0v) is 18.8. The molecule has 2 aromatic heterocycles. The minimum atomic E-state index is -0.238. The number of thiophene rings is 1. The molecule has 0 atom stereocenters. The molecule has 0 spiro atoms. The third-order valence-corrected chi connectivity index (χ3v) is 6.78. The summed E-state index contributed by atoms with van der Waals surface area (Å²) in [6, 6.07) is 10.3. The molecule has 166 valence electrons. The number of anilines is 1. The summed E-state index contributed by atoms with van der Waals surface area (Å²) in [5, 5.41) is 16.9. The van der Waals surface area contributed by atoms with Crippen LogP contribution in [0.15, 0.2) is 47.2 Å². The molecule has 1 aliphatic rings. The number of aromatic hydroxyl groups is 1. The van der Waals surface area contributed by atoms with Crippen LogP contribution < -0.4 is 5.32 Å². The van der Waals surface area contributed by atoms with Crippen molar-refractivity contribution in [2.24, 2.45) is 0 Å². The number of piperazine rings is 1. The largest absolute Gasteiger partial charge is 0.507 e. The molecule has 1 saturated heterocycles. The lowest BCUT2D eigenvalue weighted by atomic mass is 10.1. The van der Waals surface area contributed by atoms with Gasteiger partial charge in [-0.25, -0.2) is 4.98 Å². The van der Waals surface area contributed by atoms with E-state index in [2.05, 4.69) is 10.3 Å². The van der Waals surface area contributed by atoms with E-state index in [1.807, 2.05) is 17.5 Å². The first-order valence-electron chi connectivity index (χ1n) is 10.1. The maximum atomic E-state index is 12.7. The van der Waals surface area contributed by atoms with Gasteiger partial charge in [-0.1, -0.05) is 18.2 Å². The van der Waals surface area contributed by atoms with Crippen molar-refractivity contribution in [2.45, 2.75) is 12.8 Å². The first-order valence-corrected chi connectivity index (χ1v) is 11.9. The Morgan fingerprint density at radius 3 is 2.44 bits per heavy atom. The van der Waals surface area contributed by atoms with Crippen LogP contribution in [0.4, 0.5) is 5.13 Å². The van der Waals surface area contributed by atoms with E-state index in [1.54, 1.807) is 33.4 Å². The van der Waals surface area contributed by atoms with Gasteiger partial charge in [0.25, 0.3) is 5.91 Å². The van der Waals surface area contributed by atoms with Crippen molar-refractivity contribution in [2.75, 3.05) is 31.5 Å². The van der Waals surface area contributed by atoms with E-state index in [9.17, 15) is 19.5 Å². The number of phenols is 1. The summed E-state index contributed by atoms with van der Waals surface area (Å²) in [7, 11) is 0. The van der Waals surface area contributed by atoms with Crippen LogP contribution in [-0.2, 0) is 22.4 Å². The van der Waals surface area contributed by atoms with E-state index in [1.165, 1.54) is 28.7 Å². The lowest BCUT2D eigenvalue weighted by molar-refractivity contribution is -0.132. The fourth-order valence-electron chi connectivity index (χ4n) is 3.43. The van der Waals surface area contributed by atoms with Gasteiger partial charge >= 0.3 is 0 Å². The van der Waals surface area contributed by atoms with Crippen molar-refractivity contribution < 1.29 is 19.5 Å². The number of nitrogens with one attached hydrogen (secondary N) is 1. The summed E-state index contributed by atoms with van der Waals surface area (Å²) in [4.78, 5) is 46.1. The molecule has 0 bridgehead atoms. The number of aromatic nitrogens is 1. The molecule has 3 aromatic rings. The van der Waals surface area contributed by atoms with Crippen LogP contribution in [-0.4, -0.2) is 63.8 Å². The average molecular weight is 471 g/mol. The second kappa shape index (κ2) is 9.92. The van der Waals surface area contributed by atoms with Gasteiger partial charge in [0.1, 0.15) is 5.75 Å². The number of phenolic OH excluding ortho intramolecular Hbond substituents is 1. The number of hydrogen-bond acceptors (Lipinski definition) is 7. The summed E-state index contributed by atoms with van der Waals surface area (Å²) in [5.41, 5.74) is 0.877. The predicted molar refractivity (Wildman–Crippen MR) is 123 cm³/mol. The minimum Gasteiger partial charge on any atom is -0.507 e. The fourth-order valence-corrected chi connectivity index (χ4v) is 4.86. The van der Waals surface area contributed by atoms with Gasteiger partial charge in [0.15, 0.2) is 5.13 Å². The van der Waals surface area contributed by atoms with Crippen LogP contribution in [0, 0.1) is 0 Å². The van der Waals surface area contributed by atoms with Gasteiger partial charge in [-0.15, -0.1) is 22.7 Å². The Labute approximate surface area is 193 Å². The van der Waals surface area contributed by atoms with E-state index in [-0.39, 0.29) is 35.5 Å². The number of amides is 3. The van der Waals surface area contributed by atoms with Gasteiger partial charge in [0, 0.05) is 36.4 Å². The Balaban J connectivity index is 1.26. The summed E-state index contributed by atoms with van der Waals surface area (Å²) in [6.07, 6.45) is 0.444. The number of thiazole rings is 1. The first-order chi connectivity index (χ1) is 15.5. The molecular formula is C22H22N4O4S2. The Morgan fingerprint density at radius 1 is 0.969 bits per heavy atom. The minimum absolute atomic E-state index is 0.0437. The molecule has 1 aliphatic heterocycles. The second-order valence-electron chi connectivity index (χ2n) is 7.32. The van der Waals surface area contributed by atoms with E-state index >= 15 is 0 Å². The zero-order valence-electron chi connectivity index (χ0n) is 17.2. The van der Waals surface area contributed by atoms with Crippen molar-refractivity contribution in [3.8, 4) is 5.75 Å². The monoisotopic (exact) mass is 470 g/mol.